The van der Waals surface area contributed by atoms with E-state index >= 15 is 0 Å². The molecule has 0 unspecified atom stereocenters. The number of halogens is 1. The molecule has 0 aliphatic heterocycles. The molecule has 0 fully saturated rings. The monoisotopic (exact) mass is 366 g/mol. The fourth-order valence-corrected chi connectivity index (χ4v) is 2.57. The van der Waals surface area contributed by atoms with Crippen LogP contribution < -0.4 is 10.6 Å². The van der Waals surface area contributed by atoms with Crippen molar-refractivity contribution in [1.29, 1.82) is 0 Å². The zero-order valence-corrected chi connectivity index (χ0v) is 15.6. The van der Waals surface area contributed by atoms with Crippen LogP contribution in [0.15, 0.2) is 48.5 Å². The molecule has 0 saturated heterocycles. The van der Waals surface area contributed by atoms with Gasteiger partial charge < -0.3 is 10.6 Å². The van der Waals surface area contributed by atoms with Crippen LogP contribution in [0.4, 0.5) is 17.2 Å². The number of hydrogen-bond acceptors (Lipinski definition) is 4. The van der Waals surface area contributed by atoms with E-state index in [-0.39, 0.29) is 5.91 Å². The van der Waals surface area contributed by atoms with Crippen LogP contribution in [0.1, 0.15) is 27.4 Å². The lowest BCUT2D eigenvalue weighted by molar-refractivity contribution is 0.102. The Balaban J connectivity index is 1.80. The Labute approximate surface area is 157 Å². The third-order valence-corrected chi connectivity index (χ3v) is 4.20. The summed E-state index contributed by atoms with van der Waals surface area (Å²) in [5.74, 6) is 0.775. The molecule has 6 heteroatoms. The van der Waals surface area contributed by atoms with Crippen molar-refractivity contribution < 1.29 is 4.79 Å². The molecule has 3 rings (SSSR count). The summed E-state index contributed by atoms with van der Waals surface area (Å²) >= 11 is 5.90. The number of anilines is 3. The standard InChI is InChI=1S/C20H19ClN4O/c1-12-4-7-17(10-13(12)2)25-20(26)18-11-19(23-14(3)22-18)24-16-8-5-15(21)6-9-16/h4-11H,1-3H3,(H,25,26)(H,22,23,24). The Morgan fingerprint density at radius 3 is 2.27 bits per heavy atom. The third-order valence-electron chi connectivity index (χ3n) is 3.95. The van der Waals surface area contributed by atoms with Gasteiger partial charge in [0.2, 0.25) is 0 Å². The second kappa shape index (κ2) is 7.54. The summed E-state index contributed by atoms with van der Waals surface area (Å²) in [6, 6.07) is 14.7. The van der Waals surface area contributed by atoms with Crippen LogP contribution in [-0.2, 0) is 0 Å². The van der Waals surface area contributed by atoms with Crippen molar-refractivity contribution >= 4 is 34.7 Å². The molecule has 1 heterocycles. The number of amides is 1. The van der Waals surface area contributed by atoms with E-state index in [1.807, 2.05) is 44.2 Å². The van der Waals surface area contributed by atoms with E-state index in [1.54, 1.807) is 25.1 Å². The lowest BCUT2D eigenvalue weighted by Crippen LogP contribution is -2.15. The Hall–Kier alpha value is -2.92. The minimum atomic E-state index is -0.280. The molecule has 0 spiro atoms. The number of aryl methyl sites for hydroxylation is 3. The minimum Gasteiger partial charge on any atom is -0.340 e. The first kappa shape index (κ1) is 17.9. The molecule has 1 aromatic heterocycles. The third kappa shape index (κ3) is 4.37. The first-order valence-electron chi connectivity index (χ1n) is 8.17. The topological polar surface area (TPSA) is 66.9 Å². The molecule has 0 saturated carbocycles. The lowest BCUT2D eigenvalue weighted by Gasteiger charge is -2.10. The van der Waals surface area contributed by atoms with Crippen LogP contribution in [0.25, 0.3) is 0 Å². The van der Waals surface area contributed by atoms with Crippen molar-refractivity contribution in [3.63, 3.8) is 0 Å². The number of hydrogen-bond donors (Lipinski definition) is 2. The van der Waals surface area contributed by atoms with Gasteiger partial charge in [-0.15, -0.1) is 0 Å². The van der Waals surface area contributed by atoms with Crippen molar-refractivity contribution in [2.24, 2.45) is 0 Å². The van der Waals surface area contributed by atoms with E-state index in [4.69, 9.17) is 11.6 Å². The number of carbonyl (C=O) groups excluding carboxylic acids is 1. The van der Waals surface area contributed by atoms with Crippen LogP contribution in [0.5, 0.6) is 0 Å². The van der Waals surface area contributed by atoms with Crippen molar-refractivity contribution in [2.45, 2.75) is 20.8 Å². The Morgan fingerprint density at radius 1 is 0.885 bits per heavy atom. The summed E-state index contributed by atoms with van der Waals surface area (Å²) in [6.07, 6.45) is 0. The minimum absolute atomic E-state index is 0.280. The van der Waals surface area contributed by atoms with Crippen LogP contribution in [0.2, 0.25) is 5.02 Å². The van der Waals surface area contributed by atoms with Gasteiger partial charge in [0.05, 0.1) is 0 Å². The van der Waals surface area contributed by atoms with E-state index < -0.39 is 0 Å². The lowest BCUT2D eigenvalue weighted by atomic mass is 10.1. The normalized spacial score (nSPS) is 10.5. The molecule has 0 aliphatic carbocycles. The van der Waals surface area contributed by atoms with Gasteiger partial charge >= 0.3 is 0 Å². The second-order valence-electron chi connectivity index (χ2n) is 6.07. The SMILES string of the molecule is Cc1nc(Nc2ccc(Cl)cc2)cc(C(=O)Nc2ccc(C)c(C)c2)n1. The average Bonchev–Trinajstić information content (AvgIpc) is 2.60. The summed E-state index contributed by atoms with van der Waals surface area (Å²) in [5, 5.41) is 6.69. The highest BCUT2D eigenvalue weighted by molar-refractivity contribution is 6.30. The van der Waals surface area contributed by atoms with Gasteiger partial charge in [0.1, 0.15) is 17.3 Å². The van der Waals surface area contributed by atoms with Crippen LogP contribution >= 0.6 is 11.6 Å². The summed E-state index contributed by atoms with van der Waals surface area (Å²) < 4.78 is 0. The predicted octanol–water partition coefficient (Wildman–Crippen LogP) is 5.05. The number of rotatable bonds is 4. The van der Waals surface area contributed by atoms with Crippen LogP contribution in [-0.4, -0.2) is 15.9 Å². The van der Waals surface area contributed by atoms with Gasteiger partial charge in [0.25, 0.3) is 5.91 Å². The Morgan fingerprint density at radius 2 is 1.58 bits per heavy atom. The van der Waals surface area contributed by atoms with Crippen molar-refractivity contribution in [1.82, 2.24) is 9.97 Å². The molecule has 0 atom stereocenters. The summed E-state index contributed by atoms with van der Waals surface area (Å²) in [4.78, 5) is 21.1. The summed E-state index contributed by atoms with van der Waals surface area (Å²) in [6.45, 7) is 5.79. The van der Waals surface area contributed by atoms with Gasteiger partial charge in [-0.05, 0) is 68.3 Å². The van der Waals surface area contributed by atoms with Crippen LogP contribution in [0.3, 0.4) is 0 Å². The van der Waals surface area contributed by atoms with Gasteiger partial charge in [-0.1, -0.05) is 17.7 Å². The van der Waals surface area contributed by atoms with Gasteiger partial charge in [-0.2, -0.15) is 0 Å². The Kier molecular flexibility index (Phi) is 5.19. The fraction of sp³-hybridized carbons (Fsp3) is 0.150. The zero-order valence-electron chi connectivity index (χ0n) is 14.8. The maximum atomic E-state index is 12.6. The highest BCUT2D eigenvalue weighted by atomic mass is 35.5. The molecule has 2 N–H and O–H groups in total. The largest absolute Gasteiger partial charge is 0.340 e. The quantitative estimate of drug-likeness (QED) is 0.678. The van der Waals surface area contributed by atoms with E-state index in [2.05, 4.69) is 20.6 Å². The molecular weight excluding hydrogens is 348 g/mol. The molecule has 0 radical (unpaired) electrons. The van der Waals surface area contributed by atoms with Crippen molar-refractivity contribution in [2.75, 3.05) is 10.6 Å². The molecule has 3 aromatic rings. The average molecular weight is 367 g/mol. The molecule has 0 aliphatic rings. The highest BCUT2D eigenvalue weighted by Crippen LogP contribution is 2.19. The van der Waals surface area contributed by atoms with E-state index in [0.717, 1.165) is 16.9 Å². The van der Waals surface area contributed by atoms with Crippen LogP contribution in [0, 0.1) is 20.8 Å². The zero-order chi connectivity index (χ0) is 18.7. The van der Waals surface area contributed by atoms with E-state index in [1.165, 1.54) is 5.56 Å². The molecular formula is C20H19ClN4O. The maximum absolute atomic E-state index is 12.6. The van der Waals surface area contributed by atoms with Crippen molar-refractivity contribution in [3.05, 3.63) is 76.2 Å². The number of nitrogens with one attached hydrogen (secondary N) is 2. The van der Waals surface area contributed by atoms with Crippen molar-refractivity contribution in [3.8, 4) is 0 Å². The first-order chi connectivity index (χ1) is 12.4. The number of carbonyl (C=O) groups is 1. The number of benzene rings is 2. The summed E-state index contributed by atoms with van der Waals surface area (Å²) in [7, 11) is 0. The van der Waals surface area contributed by atoms with E-state index in [9.17, 15) is 4.79 Å². The summed E-state index contributed by atoms with van der Waals surface area (Å²) in [5.41, 5.74) is 4.16. The molecule has 132 valence electrons. The Bertz CT molecular complexity index is 955. The highest BCUT2D eigenvalue weighted by Gasteiger charge is 2.11. The molecule has 1 amide bonds. The second-order valence-corrected chi connectivity index (χ2v) is 6.51. The van der Waals surface area contributed by atoms with Gasteiger partial charge in [-0.3, -0.25) is 4.79 Å². The first-order valence-corrected chi connectivity index (χ1v) is 8.55. The molecule has 5 nitrogen and oxygen atoms in total. The maximum Gasteiger partial charge on any atom is 0.274 e. The smallest absolute Gasteiger partial charge is 0.274 e. The van der Waals surface area contributed by atoms with E-state index in [0.29, 0.717) is 22.4 Å². The predicted molar refractivity (Wildman–Crippen MR) is 105 cm³/mol. The number of aromatic nitrogens is 2. The fourth-order valence-electron chi connectivity index (χ4n) is 2.44. The molecule has 2 aromatic carbocycles. The number of nitrogens with zero attached hydrogens (tertiary/aromatic N) is 2. The van der Waals surface area contributed by atoms with Gasteiger partial charge in [-0.25, -0.2) is 9.97 Å². The molecule has 0 bridgehead atoms. The molecule has 26 heavy (non-hydrogen) atoms. The van der Waals surface area contributed by atoms with Gasteiger partial charge in [0, 0.05) is 22.5 Å². The van der Waals surface area contributed by atoms with Gasteiger partial charge in [0.15, 0.2) is 0 Å².